The van der Waals surface area contributed by atoms with Crippen LogP contribution in [0.25, 0.3) is 0 Å². The zero-order chi connectivity index (χ0) is 13.0. The van der Waals surface area contributed by atoms with Gasteiger partial charge in [-0.25, -0.2) is 0 Å². The molecule has 1 rings (SSSR count). The molecule has 1 N–H and O–H groups in total. The van der Waals surface area contributed by atoms with Gasteiger partial charge in [-0.3, -0.25) is 9.59 Å². The van der Waals surface area contributed by atoms with E-state index in [1.165, 1.54) is 4.90 Å². The van der Waals surface area contributed by atoms with Crippen LogP contribution in [-0.2, 0) is 4.79 Å². The standard InChI is InChI=1S/C12H14BrNO3/c1-8(12(16)17)7-14(2)11(15)9-3-5-10(13)6-4-9/h3-6,8H,7H2,1-2H3,(H,16,17)/t8-/m0/s1. The summed E-state index contributed by atoms with van der Waals surface area (Å²) in [7, 11) is 1.60. The number of hydrogen-bond acceptors (Lipinski definition) is 2. The molecule has 0 aliphatic carbocycles. The van der Waals surface area contributed by atoms with Crippen molar-refractivity contribution in [2.75, 3.05) is 13.6 Å². The van der Waals surface area contributed by atoms with Crippen LogP contribution in [0, 0.1) is 5.92 Å². The molecule has 1 atom stereocenters. The highest BCUT2D eigenvalue weighted by molar-refractivity contribution is 9.10. The van der Waals surface area contributed by atoms with Crippen LogP contribution in [0.2, 0.25) is 0 Å². The number of rotatable bonds is 4. The summed E-state index contributed by atoms with van der Waals surface area (Å²) < 4.78 is 0.899. The number of benzene rings is 1. The molecule has 1 amide bonds. The van der Waals surface area contributed by atoms with E-state index in [1.807, 2.05) is 0 Å². The molecule has 92 valence electrons. The van der Waals surface area contributed by atoms with E-state index in [-0.39, 0.29) is 12.5 Å². The normalized spacial score (nSPS) is 11.9. The number of hydrogen-bond donors (Lipinski definition) is 1. The van der Waals surface area contributed by atoms with Crippen LogP contribution in [0.5, 0.6) is 0 Å². The summed E-state index contributed by atoms with van der Waals surface area (Å²) in [6.07, 6.45) is 0. The van der Waals surface area contributed by atoms with Crippen molar-refractivity contribution in [2.24, 2.45) is 5.92 Å². The number of halogens is 1. The Morgan fingerprint density at radius 1 is 1.35 bits per heavy atom. The Hall–Kier alpha value is -1.36. The van der Waals surface area contributed by atoms with Gasteiger partial charge < -0.3 is 10.0 Å². The van der Waals surface area contributed by atoms with Crippen LogP contribution >= 0.6 is 15.9 Å². The fourth-order valence-electron chi connectivity index (χ4n) is 1.38. The van der Waals surface area contributed by atoms with E-state index in [4.69, 9.17) is 5.11 Å². The van der Waals surface area contributed by atoms with Crippen molar-refractivity contribution in [2.45, 2.75) is 6.92 Å². The van der Waals surface area contributed by atoms with Gasteiger partial charge in [0, 0.05) is 23.6 Å². The second-order valence-electron chi connectivity index (χ2n) is 3.93. The smallest absolute Gasteiger partial charge is 0.308 e. The minimum Gasteiger partial charge on any atom is -0.481 e. The van der Waals surface area contributed by atoms with Crippen molar-refractivity contribution >= 4 is 27.8 Å². The van der Waals surface area contributed by atoms with Gasteiger partial charge in [-0.05, 0) is 24.3 Å². The van der Waals surface area contributed by atoms with Crippen LogP contribution in [0.3, 0.4) is 0 Å². The Kier molecular flexibility index (Phi) is 4.69. The van der Waals surface area contributed by atoms with Gasteiger partial charge in [-0.1, -0.05) is 22.9 Å². The highest BCUT2D eigenvalue weighted by Crippen LogP contribution is 2.12. The molecule has 0 fully saturated rings. The lowest BCUT2D eigenvalue weighted by Gasteiger charge is -2.19. The van der Waals surface area contributed by atoms with Gasteiger partial charge >= 0.3 is 5.97 Å². The average molecular weight is 300 g/mol. The maximum atomic E-state index is 11.9. The van der Waals surface area contributed by atoms with Crippen molar-refractivity contribution in [1.29, 1.82) is 0 Å². The summed E-state index contributed by atoms with van der Waals surface area (Å²) in [6.45, 7) is 1.78. The van der Waals surface area contributed by atoms with E-state index in [0.29, 0.717) is 5.56 Å². The van der Waals surface area contributed by atoms with Crippen LogP contribution in [0.15, 0.2) is 28.7 Å². The largest absolute Gasteiger partial charge is 0.481 e. The van der Waals surface area contributed by atoms with Crippen molar-refractivity contribution in [3.05, 3.63) is 34.3 Å². The predicted molar refractivity (Wildman–Crippen MR) is 67.9 cm³/mol. The Morgan fingerprint density at radius 3 is 2.35 bits per heavy atom. The van der Waals surface area contributed by atoms with Crippen molar-refractivity contribution < 1.29 is 14.7 Å². The molecule has 0 saturated carbocycles. The summed E-state index contributed by atoms with van der Waals surface area (Å²) in [5.41, 5.74) is 0.549. The Bertz CT molecular complexity index is 416. The van der Waals surface area contributed by atoms with Gasteiger partial charge in [-0.2, -0.15) is 0 Å². The fraction of sp³-hybridized carbons (Fsp3) is 0.333. The summed E-state index contributed by atoms with van der Waals surface area (Å²) in [5, 5.41) is 8.78. The van der Waals surface area contributed by atoms with Crippen LogP contribution < -0.4 is 0 Å². The molecule has 0 unspecified atom stereocenters. The molecule has 5 heteroatoms. The average Bonchev–Trinajstić information content (AvgIpc) is 2.28. The quantitative estimate of drug-likeness (QED) is 0.927. The summed E-state index contributed by atoms with van der Waals surface area (Å²) >= 11 is 3.29. The topological polar surface area (TPSA) is 57.6 Å². The molecule has 4 nitrogen and oxygen atoms in total. The summed E-state index contributed by atoms with van der Waals surface area (Å²) in [5.74, 6) is -1.65. The van der Waals surface area contributed by atoms with Gasteiger partial charge in [0.25, 0.3) is 5.91 Å². The highest BCUT2D eigenvalue weighted by Gasteiger charge is 2.18. The van der Waals surface area contributed by atoms with Gasteiger partial charge in [-0.15, -0.1) is 0 Å². The highest BCUT2D eigenvalue weighted by atomic mass is 79.9. The van der Waals surface area contributed by atoms with Crippen molar-refractivity contribution in [3.8, 4) is 0 Å². The Morgan fingerprint density at radius 2 is 1.88 bits per heavy atom. The van der Waals surface area contributed by atoms with Crippen molar-refractivity contribution in [1.82, 2.24) is 4.90 Å². The van der Waals surface area contributed by atoms with Gasteiger partial charge in [0.1, 0.15) is 0 Å². The molecule has 0 saturated heterocycles. The molecule has 17 heavy (non-hydrogen) atoms. The van der Waals surface area contributed by atoms with Crippen LogP contribution in [-0.4, -0.2) is 35.5 Å². The van der Waals surface area contributed by atoms with Crippen LogP contribution in [0.4, 0.5) is 0 Å². The molecular formula is C12H14BrNO3. The first-order chi connectivity index (χ1) is 7.91. The second-order valence-corrected chi connectivity index (χ2v) is 4.85. The molecule has 0 radical (unpaired) electrons. The fourth-order valence-corrected chi connectivity index (χ4v) is 1.65. The van der Waals surface area contributed by atoms with E-state index in [2.05, 4.69) is 15.9 Å². The zero-order valence-electron chi connectivity index (χ0n) is 9.68. The van der Waals surface area contributed by atoms with E-state index in [1.54, 1.807) is 38.2 Å². The maximum Gasteiger partial charge on any atom is 0.308 e. The Labute approximate surface area is 108 Å². The first-order valence-electron chi connectivity index (χ1n) is 5.15. The van der Waals surface area contributed by atoms with Gasteiger partial charge in [0.2, 0.25) is 0 Å². The lowest BCUT2D eigenvalue weighted by molar-refractivity contribution is -0.141. The maximum absolute atomic E-state index is 11.9. The first-order valence-corrected chi connectivity index (χ1v) is 5.95. The summed E-state index contributed by atoms with van der Waals surface area (Å²) in [6, 6.07) is 6.96. The minimum atomic E-state index is -0.902. The second kappa shape index (κ2) is 5.82. The first kappa shape index (κ1) is 13.7. The monoisotopic (exact) mass is 299 g/mol. The minimum absolute atomic E-state index is 0.175. The molecule has 0 aliphatic rings. The third kappa shape index (κ3) is 3.85. The van der Waals surface area contributed by atoms with E-state index in [9.17, 15) is 9.59 Å². The molecular weight excluding hydrogens is 286 g/mol. The summed E-state index contributed by atoms with van der Waals surface area (Å²) in [4.78, 5) is 24.0. The third-order valence-corrected chi connectivity index (χ3v) is 2.94. The predicted octanol–water partition coefficient (Wildman–Crippen LogP) is 2.24. The van der Waals surface area contributed by atoms with Crippen LogP contribution in [0.1, 0.15) is 17.3 Å². The number of carboxylic acid groups (broad SMARTS) is 1. The molecule has 0 heterocycles. The number of amides is 1. The lowest BCUT2D eigenvalue weighted by atomic mass is 10.1. The zero-order valence-corrected chi connectivity index (χ0v) is 11.3. The molecule has 0 aliphatic heterocycles. The van der Waals surface area contributed by atoms with E-state index in [0.717, 1.165) is 4.47 Å². The number of nitrogens with zero attached hydrogens (tertiary/aromatic N) is 1. The van der Waals surface area contributed by atoms with Gasteiger partial charge in [0.15, 0.2) is 0 Å². The number of carboxylic acids is 1. The molecule has 0 aromatic heterocycles. The SMILES string of the molecule is C[C@@H](CN(C)C(=O)c1ccc(Br)cc1)C(=O)O. The number of carbonyl (C=O) groups is 2. The molecule has 0 bridgehead atoms. The molecule has 0 spiro atoms. The number of aliphatic carboxylic acids is 1. The van der Waals surface area contributed by atoms with E-state index < -0.39 is 11.9 Å². The van der Waals surface area contributed by atoms with Crippen molar-refractivity contribution in [3.63, 3.8) is 0 Å². The van der Waals surface area contributed by atoms with Gasteiger partial charge in [0.05, 0.1) is 5.92 Å². The third-order valence-electron chi connectivity index (χ3n) is 2.41. The van der Waals surface area contributed by atoms with E-state index >= 15 is 0 Å². The number of carbonyl (C=O) groups excluding carboxylic acids is 1. The molecule has 1 aromatic carbocycles. The Balaban J connectivity index is 2.70. The molecule has 1 aromatic rings. The lowest BCUT2D eigenvalue weighted by Crippen LogP contribution is -2.33.